The monoisotopic (exact) mass is 476 g/mol. The molecule has 3 N–H and O–H groups in total. The molecular weight excluding hydrogens is 447 g/mol. The van der Waals surface area contributed by atoms with Crippen LogP contribution >= 0.6 is 7.52 Å². The van der Waals surface area contributed by atoms with E-state index in [4.69, 9.17) is 19.7 Å². The fourth-order valence-corrected chi connectivity index (χ4v) is 4.39. The van der Waals surface area contributed by atoms with Gasteiger partial charge in [-0.3, -0.25) is 9.36 Å². The van der Waals surface area contributed by atoms with Gasteiger partial charge in [0, 0.05) is 0 Å². The van der Waals surface area contributed by atoms with Crippen molar-refractivity contribution in [3.8, 4) is 0 Å². The Bertz CT molecular complexity index is 1110. The van der Waals surface area contributed by atoms with Gasteiger partial charge in [-0.05, 0) is 26.3 Å². The molecule has 2 aromatic heterocycles. The van der Waals surface area contributed by atoms with Crippen LogP contribution in [0.3, 0.4) is 0 Å². The summed E-state index contributed by atoms with van der Waals surface area (Å²) < 4.78 is 31.8. The first-order valence-corrected chi connectivity index (χ1v) is 12.3. The summed E-state index contributed by atoms with van der Waals surface area (Å²) in [5.41, 5.74) is 7.76. The van der Waals surface area contributed by atoms with Crippen LogP contribution in [0.2, 0.25) is 0 Å². The van der Waals surface area contributed by atoms with Gasteiger partial charge in [0.15, 0.2) is 11.5 Å². The molecule has 0 aliphatic carbocycles. The Morgan fingerprint density at radius 2 is 1.94 bits per heavy atom. The highest BCUT2D eigenvalue weighted by Crippen LogP contribution is 2.43. The zero-order chi connectivity index (χ0) is 23.8. The van der Waals surface area contributed by atoms with E-state index < -0.39 is 13.5 Å². The number of fused-ring (bicyclic) bond motifs is 1. The minimum Gasteiger partial charge on any atom is -0.462 e. The van der Waals surface area contributed by atoms with E-state index in [-0.39, 0.29) is 31.7 Å². The molecule has 0 radical (unpaired) electrons. The van der Waals surface area contributed by atoms with E-state index in [9.17, 15) is 9.36 Å². The number of nitrogens with one attached hydrogen (secondary N) is 1. The lowest BCUT2D eigenvalue weighted by Crippen LogP contribution is -2.28. The molecule has 2 heterocycles. The maximum absolute atomic E-state index is 13.4. The van der Waals surface area contributed by atoms with Gasteiger partial charge in [0.05, 0.1) is 31.7 Å². The molecule has 3 rings (SSSR count). The van der Waals surface area contributed by atoms with E-state index in [0.717, 1.165) is 5.56 Å². The average Bonchev–Trinajstić information content (AvgIpc) is 3.19. The SMILES string of the molecule is CC(C)OC(=O)CN[P@](=O)(CO[C@H](C)Cn1cnc2c(N)ncnc21)OCc1ccccc1. The Kier molecular flexibility index (Phi) is 8.51. The van der Waals surface area contributed by atoms with E-state index in [1.54, 1.807) is 24.7 Å². The Morgan fingerprint density at radius 1 is 1.18 bits per heavy atom. The molecule has 3 aromatic rings. The minimum absolute atomic E-state index is 0.102. The van der Waals surface area contributed by atoms with Crippen molar-refractivity contribution in [3.63, 3.8) is 0 Å². The van der Waals surface area contributed by atoms with Crippen molar-refractivity contribution < 1.29 is 23.4 Å². The van der Waals surface area contributed by atoms with Gasteiger partial charge < -0.3 is 24.3 Å². The second kappa shape index (κ2) is 11.3. The molecule has 0 amide bonds. The lowest BCUT2D eigenvalue weighted by Gasteiger charge is -2.22. The van der Waals surface area contributed by atoms with Crippen molar-refractivity contribution in [3.05, 3.63) is 48.5 Å². The molecule has 2 atom stereocenters. The van der Waals surface area contributed by atoms with Crippen molar-refractivity contribution in [1.29, 1.82) is 0 Å². The van der Waals surface area contributed by atoms with Gasteiger partial charge in [-0.2, -0.15) is 0 Å². The zero-order valence-corrected chi connectivity index (χ0v) is 19.8. The van der Waals surface area contributed by atoms with E-state index in [1.807, 2.05) is 37.3 Å². The van der Waals surface area contributed by atoms with Gasteiger partial charge in [0.25, 0.3) is 7.52 Å². The minimum atomic E-state index is -3.53. The van der Waals surface area contributed by atoms with Crippen molar-refractivity contribution in [1.82, 2.24) is 24.6 Å². The quantitative estimate of drug-likeness (QED) is 0.296. The van der Waals surface area contributed by atoms with Crippen molar-refractivity contribution in [2.75, 3.05) is 18.6 Å². The summed E-state index contributed by atoms with van der Waals surface area (Å²) in [4.78, 5) is 24.3. The Hall–Kier alpha value is -2.85. The van der Waals surface area contributed by atoms with Crippen LogP contribution in [-0.4, -0.2) is 50.6 Å². The number of carbonyl (C=O) groups is 1. The third-order valence-corrected chi connectivity index (χ3v) is 6.20. The molecule has 12 heteroatoms. The highest BCUT2D eigenvalue weighted by atomic mass is 31.2. The van der Waals surface area contributed by atoms with Gasteiger partial charge in [-0.1, -0.05) is 30.3 Å². The molecular formula is C21H29N6O5P. The topological polar surface area (TPSA) is 143 Å². The normalized spacial score (nSPS) is 14.3. The zero-order valence-electron chi connectivity index (χ0n) is 18.9. The molecule has 0 spiro atoms. The summed E-state index contributed by atoms with van der Waals surface area (Å²) in [6.07, 6.45) is 2.09. The van der Waals surface area contributed by atoms with Crippen LogP contribution in [0.4, 0.5) is 5.82 Å². The molecule has 0 saturated carbocycles. The molecule has 178 valence electrons. The second-order valence-corrected chi connectivity index (χ2v) is 9.92. The van der Waals surface area contributed by atoms with Gasteiger partial charge in [0.2, 0.25) is 0 Å². The van der Waals surface area contributed by atoms with Crippen molar-refractivity contribution >= 4 is 30.5 Å². The molecule has 11 nitrogen and oxygen atoms in total. The molecule has 0 aliphatic rings. The molecule has 0 bridgehead atoms. The van der Waals surface area contributed by atoms with Crippen LogP contribution < -0.4 is 10.8 Å². The summed E-state index contributed by atoms with van der Waals surface area (Å²) >= 11 is 0. The summed E-state index contributed by atoms with van der Waals surface area (Å²) in [5, 5.41) is 2.70. The number of ether oxygens (including phenoxy) is 2. The molecule has 0 aliphatic heterocycles. The summed E-state index contributed by atoms with van der Waals surface area (Å²) in [6.45, 7) is 5.54. The van der Waals surface area contributed by atoms with E-state index in [2.05, 4.69) is 20.0 Å². The standard InChI is InChI=1S/C21H29N6O5P/c1-15(2)32-18(28)9-26-33(29,31-11-17-7-5-4-6-8-17)14-30-16(3)10-27-13-25-19-20(22)23-12-24-21(19)27/h4-8,12-13,15-16H,9-11,14H2,1-3H3,(H,26,29)(H2,22,23,24)/t16-,33+/m1/s1. The number of nitrogens with two attached hydrogens (primary N) is 1. The number of carbonyl (C=O) groups excluding carboxylic acids is 1. The number of rotatable bonds is 12. The first-order valence-electron chi connectivity index (χ1n) is 10.5. The van der Waals surface area contributed by atoms with Crippen LogP contribution in [0.15, 0.2) is 43.0 Å². The second-order valence-electron chi connectivity index (χ2n) is 7.74. The molecule has 0 fully saturated rings. The van der Waals surface area contributed by atoms with Gasteiger partial charge in [-0.15, -0.1) is 0 Å². The highest BCUT2D eigenvalue weighted by Gasteiger charge is 2.26. The third kappa shape index (κ3) is 7.33. The maximum Gasteiger partial charge on any atom is 0.320 e. The van der Waals surface area contributed by atoms with Gasteiger partial charge >= 0.3 is 5.97 Å². The number of aromatic nitrogens is 4. The fraction of sp³-hybridized carbons (Fsp3) is 0.429. The number of nitrogens with zero attached hydrogens (tertiary/aromatic N) is 4. The molecule has 33 heavy (non-hydrogen) atoms. The Balaban J connectivity index is 1.62. The number of hydrogen-bond acceptors (Lipinski definition) is 9. The highest BCUT2D eigenvalue weighted by molar-refractivity contribution is 7.56. The van der Waals surface area contributed by atoms with Crippen LogP contribution in [-0.2, 0) is 36.5 Å². The number of benzene rings is 1. The van der Waals surface area contributed by atoms with E-state index in [1.165, 1.54) is 6.33 Å². The summed E-state index contributed by atoms with van der Waals surface area (Å²) in [7, 11) is -3.53. The first kappa shape index (κ1) is 24.8. The molecule has 0 saturated heterocycles. The number of nitrogen functional groups attached to an aromatic ring is 1. The molecule has 0 unspecified atom stereocenters. The van der Waals surface area contributed by atoms with Crippen LogP contribution in [0.5, 0.6) is 0 Å². The number of imidazole rings is 1. The Morgan fingerprint density at radius 3 is 2.67 bits per heavy atom. The van der Waals surface area contributed by atoms with E-state index >= 15 is 0 Å². The third-order valence-electron chi connectivity index (χ3n) is 4.53. The summed E-state index contributed by atoms with van der Waals surface area (Å²) in [6, 6.07) is 9.33. The van der Waals surface area contributed by atoms with Crippen LogP contribution in [0.1, 0.15) is 26.3 Å². The average molecular weight is 476 g/mol. The largest absolute Gasteiger partial charge is 0.462 e. The van der Waals surface area contributed by atoms with Gasteiger partial charge in [0.1, 0.15) is 24.7 Å². The van der Waals surface area contributed by atoms with Crippen LogP contribution in [0.25, 0.3) is 11.2 Å². The summed E-state index contributed by atoms with van der Waals surface area (Å²) in [5.74, 6) is -0.229. The number of hydrogen-bond donors (Lipinski definition) is 2. The lowest BCUT2D eigenvalue weighted by atomic mass is 10.2. The smallest absolute Gasteiger partial charge is 0.320 e. The predicted octanol–water partition coefficient (Wildman–Crippen LogP) is 2.72. The lowest BCUT2D eigenvalue weighted by molar-refractivity contribution is -0.145. The van der Waals surface area contributed by atoms with E-state index in [0.29, 0.717) is 23.5 Å². The predicted molar refractivity (Wildman–Crippen MR) is 123 cm³/mol. The van der Waals surface area contributed by atoms with Gasteiger partial charge in [-0.25, -0.2) is 20.0 Å². The Labute approximate surface area is 192 Å². The van der Waals surface area contributed by atoms with Crippen molar-refractivity contribution in [2.24, 2.45) is 0 Å². The number of esters is 1. The maximum atomic E-state index is 13.4. The van der Waals surface area contributed by atoms with Crippen LogP contribution in [0, 0.1) is 0 Å². The first-order chi connectivity index (χ1) is 15.8. The fourth-order valence-electron chi connectivity index (χ4n) is 2.96. The van der Waals surface area contributed by atoms with Crippen molar-refractivity contribution in [2.45, 2.75) is 46.1 Å². The number of anilines is 1. The molecule has 1 aromatic carbocycles.